The molecule has 100 valence electrons. The average molecular weight is 257 g/mol. The number of benzene rings is 1. The lowest BCUT2D eigenvalue weighted by atomic mass is 10.2. The number of ether oxygens (including phenoxy) is 1. The lowest BCUT2D eigenvalue weighted by Crippen LogP contribution is -2.34. The molecular formula is C13H17F2NO2. The number of halogens is 2. The summed E-state index contributed by atoms with van der Waals surface area (Å²) in [5.41, 5.74) is -0.538. The molecule has 0 aromatic heterocycles. The first-order chi connectivity index (χ1) is 8.19. The SMILES string of the molecule is CC(Nc1ccc(F)cc1F)C(=O)OC(C)(C)C. The first kappa shape index (κ1) is 14.4. The van der Waals surface area contributed by atoms with Crippen LogP contribution in [0.25, 0.3) is 0 Å². The van der Waals surface area contributed by atoms with Gasteiger partial charge in [-0.05, 0) is 39.8 Å². The van der Waals surface area contributed by atoms with Crippen molar-refractivity contribution in [3.05, 3.63) is 29.8 Å². The summed E-state index contributed by atoms with van der Waals surface area (Å²) < 4.78 is 31.2. The molecule has 0 radical (unpaired) electrons. The van der Waals surface area contributed by atoms with Gasteiger partial charge in [-0.2, -0.15) is 0 Å². The molecule has 0 saturated carbocycles. The Bertz CT molecular complexity index is 441. The highest BCUT2D eigenvalue weighted by atomic mass is 19.1. The Hall–Kier alpha value is -1.65. The summed E-state index contributed by atoms with van der Waals surface area (Å²) in [7, 11) is 0. The average Bonchev–Trinajstić information content (AvgIpc) is 2.19. The zero-order chi connectivity index (χ0) is 13.9. The zero-order valence-electron chi connectivity index (χ0n) is 10.9. The van der Waals surface area contributed by atoms with E-state index < -0.39 is 29.2 Å². The third-order valence-electron chi connectivity index (χ3n) is 2.06. The number of carbonyl (C=O) groups excluding carboxylic acids is 1. The summed E-state index contributed by atoms with van der Waals surface area (Å²) in [4.78, 5) is 11.7. The Morgan fingerprint density at radius 1 is 1.33 bits per heavy atom. The van der Waals surface area contributed by atoms with Crippen molar-refractivity contribution in [1.82, 2.24) is 0 Å². The predicted molar refractivity (Wildman–Crippen MR) is 65.3 cm³/mol. The van der Waals surface area contributed by atoms with E-state index in [-0.39, 0.29) is 5.69 Å². The van der Waals surface area contributed by atoms with Gasteiger partial charge in [-0.1, -0.05) is 0 Å². The smallest absolute Gasteiger partial charge is 0.328 e. The predicted octanol–water partition coefficient (Wildman–Crippen LogP) is 3.11. The van der Waals surface area contributed by atoms with Crippen molar-refractivity contribution in [3.63, 3.8) is 0 Å². The maximum atomic E-state index is 13.4. The van der Waals surface area contributed by atoms with E-state index in [0.29, 0.717) is 0 Å². The van der Waals surface area contributed by atoms with Gasteiger partial charge >= 0.3 is 5.97 Å². The van der Waals surface area contributed by atoms with E-state index in [4.69, 9.17) is 4.74 Å². The number of esters is 1. The third kappa shape index (κ3) is 4.31. The number of hydrogen-bond donors (Lipinski definition) is 1. The minimum atomic E-state index is -0.745. The topological polar surface area (TPSA) is 38.3 Å². The fourth-order valence-electron chi connectivity index (χ4n) is 1.29. The van der Waals surface area contributed by atoms with Gasteiger partial charge in [-0.15, -0.1) is 0 Å². The maximum Gasteiger partial charge on any atom is 0.328 e. The molecule has 1 unspecified atom stereocenters. The third-order valence-corrected chi connectivity index (χ3v) is 2.06. The fourth-order valence-corrected chi connectivity index (χ4v) is 1.29. The fraction of sp³-hybridized carbons (Fsp3) is 0.462. The molecule has 0 bridgehead atoms. The highest BCUT2D eigenvalue weighted by Crippen LogP contribution is 2.17. The van der Waals surface area contributed by atoms with E-state index in [9.17, 15) is 13.6 Å². The minimum Gasteiger partial charge on any atom is -0.458 e. The maximum absolute atomic E-state index is 13.4. The van der Waals surface area contributed by atoms with Gasteiger partial charge in [0.25, 0.3) is 0 Å². The number of nitrogens with one attached hydrogen (secondary N) is 1. The standard InChI is InChI=1S/C13H17F2NO2/c1-8(12(17)18-13(2,3)4)16-11-6-5-9(14)7-10(11)15/h5-8,16H,1-4H3. The largest absolute Gasteiger partial charge is 0.458 e. The summed E-state index contributed by atoms with van der Waals surface area (Å²) in [6.07, 6.45) is 0. The van der Waals surface area contributed by atoms with E-state index in [1.807, 2.05) is 0 Å². The van der Waals surface area contributed by atoms with Gasteiger partial charge < -0.3 is 10.1 Å². The molecule has 1 atom stereocenters. The molecule has 0 saturated heterocycles. The lowest BCUT2D eigenvalue weighted by Gasteiger charge is -2.23. The first-order valence-corrected chi connectivity index (χ1v) is 5.63. The van der Waals surface area contributed by atoms with Crippen molar-refractivity contribution in [2.45, 2.75) is 39.3 Å². The van der Waals surface area contributed by atoms with Crippen LogP contribution in [0.1, 0.15) is 27.7 Å². The number of hydrogen-bond acceptors (Lipinski definition) is 3. The van der Waals surface area contributed by atoms with Crippen LogP contribution >= 0.6 is 0 Å². The normalized spacial score (nSPS) is 13.0. The van der Waals surface area contributed by atoms with Crippen LogP contribution in [0.5, 0.6) is 0 Å². The van der Waals surface area contributed by atoms with Crippen LogP contribution in [-0.2, 0) is 9.53 Å². The Morgan fingerprint density at radius 2 is 1.94 bits per heavy atom. The lowest BCUT2D eigenvalue weighted by molar-refractivity contribution is -0.155. The Kier molecular flexibility index (Phi) is 4.27. The quantitative estimate of drug-likeness (QED) is 0.845. The molecule has 0 aliphatic carbocycles. The van der Waals surface area contributed by atoms with Gasteiger partial charge in [0.2, 0.25) is 0 Å². The van der Waals surface area contributed by atoms with E-state index in [1.165, 1.54) is 6.07 Å². The zero-order valence-corrected chi connectivity index (χ0v) is 10.9. The van der Waals surface area contributed by atoms with Crippen LogP contribution in [0.4, 0.5) is 14.5 Å². The molecule has 1 aromatic rings. The molecule has 18 heavy (non-hydrogen) atoms. The second kappa shape index (κ2) is 5.33. The van der Waals surface area contributed by atoms with E-state index >= 15 is 0 Å². The van der Waals surface area contributed by atoms with Gasteiger partial charge in [-0.25, -0.2) is 13.6 Å². The molecule has 0 amide bonds. The van der Waals surface area contributed by atoms with Crippen molar-refractivity contribution in [2.75, 3.05) is 5.32 Å². The molecule has 0 aliphatic heterocycles. The van der Waals surface area contributed by atoms with Gasteiger partial charge in [0.05, 0.1) is 5.69 Å². The van der Waals surface area contributed by atoms with Gasteiger partial charge in [0.15, 0.2) is 0 Å². The molecule has 0 aliphatic rings. The first-order valence-electron chi connectivity index (χ1n) is 5.63. The van der Waals surface area contributed by atoms with Crippen LogP contribution in [0.15, 0.2) is 18.2 Å². The van der Waals surface area contributed by atoms with Crippen LogP contribution in [-0.4, -0.2) is 17.6 Å². The molecule has 0 heterocycles. The molecule has 0 fully saturated rings. The minimum absolute atomic E-state index is 0.0646. The summed E-state index contributed by atoms with van der Waals surface area (Å²) >= 11 is 0. The number of rotatable bonds is 3. The van der Waals surface area contributed by atoms with E-state index in [2.05, 4.69) is 5.32 Å². The van der Waals surface area contributed by atoms with E-state index in [0.717, 1.165) is 12.1 Å². The molecule has 1 N–H and O–H groups in total. The highest BCUT2D eigenvalue weighted by molar-refractivity contribution is 5.79. The summed E-state index contributed by atoms with van der Waals surface area (Å²) in [5.74, 6) is -1.90. The van der Waals surface area contributed by atoms with Gasteiger partial charge in [0, 0.05) is 6.07 Å². The molecule has 1 aromatic carbocycles. The van der Waals surface area contributed by atoms with Crippen molar-refractivity contribution < 1.29 is 18.3 Å². The molecule has 5 heteroatoms. The van der Waals surface area contributed by atoms with Gasteiger partial charge in [0.1, 0.15) is 23.3 Å². The molecule has 3 nitrogen and oxygen atoms in total. The van der Waals surface area contributed by atoms with Crippen LogP contribution in [0.2, 0.25) is 0 Å². The summed E-state index contributed by atoms with van der Waals surface area (Å²) in [5, 5.41) is 2.64. The monoisotopic (exact) mass is 257 g/mol. The van der Waals surface area contributed by atoms with Gasteiger partial charge in [-0.3, -0.25) is 0 Å². The molecular weight excluding hydrogens is 240 g/mol. The number of carbonyl (C=O) groups is 1. The summed E-state index contributed by atoms with van der Waals surface area (Å²) in [6.45, 7) is 6.79. The summed E-state index contributed by atoms with van der Waals surface area (Å²) in [6, 6.07) is 2.40. The molecule has 0 spiro atoms. The Morgan fingerprint density at radius 3 is 2.44 bits per heavy atom. The van der Waals surface area contributed by atoms with Crippen molar-refractivity contribution >= 4 is 11.7 Å². The van der Waals surface area contributed by atoms with Crippen LogP contribution in [0.3, 0.4) is 0 Å². The van der Waals surface area contributed by atoms with E-state index in [1.54, 1.807) is 27.7 Å². The highest BCUT2D eigenvalue weighted by Gasteiger charge is 2.22. The molecule has 1 rings (SSSR count). The second-order valence-electron chi connectivity index (χ2n) is 5.02. The van der Waals surface area contributed by atoms with Crippen molar-refractivity contribution in [3.8, 4) is 0 Å². The second-order valence-corrected chi connectivity index (χ2v) is 5.02. The van der Waals surface area contributed by atoms with Crippen LogP contribution in [0, 0.1) is 11.6 Å². The number of anilines is 1. The van der Waals surface area contributed by atoms with Crippen molar-refractivity contribution in [1.29, 1.82) is 0 Å². The Labute approximate surface area is 105 Å². The van der Waals surface area contributed by atoms with Crippen molar-refractivity contribution in [2.24, 2.45) is 0 Å². The Balaban J connectivity index is 2.69. The van der Waals surface area contributed by atoms with Crippen LogP contribution < -0.4 is 5.32 Å².